The van der Waals surface area contributed by atoms with Crippen LogP contribution < -0.4 is 5.32 Å². The minimum atomic E-state index is -0.761. The van der Waals surface area contributed by atoms with Gasteiger partial charge in [0.05, 0.1) is 19.6 Å². The summed E-state index contributed by atoms with van der Waals surface area (Å²) in [6.45, 7) is 0.288. The van der Waals surface area contributed by atoms with Gasteiger partial charge in [-0.3, -0.25) is 4.79 Å². The Balaban J connectivity index is 2.34. The summed E-state index contributed by atoms with van der Waals surface area (Å²) in [5.74, 6) is -0.426. The molecule has 1 rings (SSSR count). The molecule has 0 aliphatic rings. The molecule has 0 bridgehead atoms. The van der Waals surface area contributed by atoms with Gasteiger partial charge in [0, 0.05) is 17.3 Å². The average Bonchev–Trinajstić information content (AvgIpc) is 2.28. The Bertz CT molecular complexity index is 340. The van der Waals surface area contributed by atoms with Crippen LogP contribution in [0.3, 0.4) is 0 Å². The molecule has 0 spiro atoms. The van der Waals surface area contributed by atoms with Gasteiger partial charge < -0.3 is 15.2 Å². The molecule has 1 aromatic carbocycles. The van der Waals surface area contributed by atoms with Crippen molar-refractivity contribution >= 4 is 23.3 Å². The van der Waals surface area contributed by atoms with Crippen molar-refractivity contribution in [3.8, 4) is 0 Å². The monoisotopic (exact) mass is 243 g/mol. The maximum Gasteiger partial charge on any atom is 0.308 e. The van der Waals surface area contributed by atoms with E-state index in [1.165, 1.54) is 7.11 Å². The maximum atomic E-state index is 10.9. The number of halogens is 1. The number of hydrogen-bond donors (Lipinski definition) is 2. The third-order valence-corrected chi connectivity index (χ3v) is 2.27. The molecule has 1 unspecified atom stereocenters. The number of aliphatic hydroxyl groups excluding tert-OH is 1. The zero-order chi connectivity index (χ0) is 12.0. The Morgan fingerprint density at radius 1 is 1.50 bits per heavy atom. The number of esters is 1. The van der Waals surface area contributed by atoms with Crippen molar-refractivity contribution in [1.29, 1.82) is 0 Å². The van der Waals surface area contributed by atoms with E-state index in [1.54, 1.807) is 24.3 Å². The predicted molar refractivity (Wildman–Crippen MR) is 62.6 cm³/mol. The van der Waals surface area contributed by atoms with E-state index >= 15 is 0 Å². The van der Waals surface area contributed by atoms with Gasteiger partial charge in [-0.05, 0) is 24.3 Å². The van der Waals surface area contributed by atoms with Gasteiger partial charge in [-0.1, -0.05) is 11.6 Å². The lowest BCUT2D eigenvalue weighted by molar-refractivity contribution is -0.142. The van der Waals surface area contributed by atoms with Crippen LogP contribution >= 0.6 is 11.6 Å². The second-order valence-corrected chi connectivity index (χ2v) is 3.76. The Morgan fingerprint density at radius 3 is 2.69 bits per heavy atom. The number of methoxy groups -OCH3 is 1. The third-order valence-electron chi connectivity index (χ3n) is 2.02. The second-order valence-electron chi connectivity index (χ2n) is 3.32. The van der Waals surface area contributed by atoms with Crippen LogP contribution in [0.15, 0.2) is 24.3 Å². The molecule has 0 radical (unpaired) electrons. The summed E-state index contributed by atoms with van der Waals surface area (Å²) < 4.78 is 4.44. The van der Waals surface area contributed by atoms with E-state index in [9.17, 15) is 9.90 Å². The molecule has 0 amide bonds. The fraction of sp³-hybridized carbons (Fsp3) is 0.364. The molecule has 88 valence electrons. The van der Waals surface area contributed by atoms with Gasteiger partial charge in [0.15, 0.2) is 0 Å². The van der Waals surface area contributed by atoms with Gasteiger partial charge in [-0.2, -0.15) is 0 Å². The van der Waals surface area contributed by atoms with Crippen LogP contribution in [-0.4, -0.2) is 30.8 Å². The third kappa shape index (κ3) is 4.51. The zero-order valence-electron chi connectivity index (χ0n) is 8.94. The lowest BCUT2D eigenvalue weighted by Crippen LogP contribution is -2.23. The van der Waals surface area contributed by atoms with E-state index < -0.39 is 12.1 Å². The number of rotatable bonds is 5. The summed E-state index contributed by atoms with van der Waals surface area (Å²) in [5.41, 5.74) is 0.841. The Hall–Kier alpha value is -1.26. The van der Waals surface area contributed by atoms with Crippen LogP contribution in [0.5, 0.6) is 0 Å². The predicted octanol–water partition coefficient (Wildman–Crippen LogP) is 1.68. The first-order valence-corrected chi connectivity index (χ1v) is 5.24. The molecule has 2 N–H and O–H groups in total. The molecule has 0 saturated heterocycles. The van der Waals surface area contributed by atoms with E-state index in [2.05, 4.69) is 10.1 Å². The normalized spacial score (nSPS) is 11.9. The number of aliphatic hydroxyl groups is 1. The molecular formula is C11H14ClNO3. The molecule has 0 aliphatic heterocycles. The smallest absolute Gasteiger partial charge is 0.308 e. The number of nitrogens with one attached hydrogen (secondary N) is 1. The fourth-order valence-electron chi connectivity index (χ4n) is 1.15. The summed E-state index contributed by atoms with van der Waals surface area (Å²) >= 11 is 5.72. The quantitative estimate of drug-likeness (QED) is 0.773. The van der Waals surface area contributed by atoms with Gasteiger partial charge >= 0.3 is 5.97 Å². The average molecular weight is 244 g/mol. The number of carbonyl (C=O) groups excluding carboxylic acids is 1. The van der Waals surface area contributed by atoms with Crippen molar-refractivity contribution in [2.45, 2.75) is 12.5 Å². The molecule has 0 aromatic heterocycles. The second kappa shape index (κ2) is 6.35. The van der Waals surface area contributed by atoms with Crippen LogP contribution in [0.4, 0.5) is 5.69 Å². The molecule has 1 atom stereocenters. The number of anilines is 1. The van der Waals surface area contributed by atoms with Crippen LogP contribution in [0.2, 0.25) is 5.02 Å². The van der Waals surface area contributed by atoms with Crippen molar-refractivity contribution in [3.05, 3.63) is 29.3 Å². The Labute approximate surface area is 99.2 Å². The highest BCUT2D eigenvalue weighted by Crippen LogP contribution is 2.13. The van der Waals surface area contributed by atoms with Crippen molar-refractivity contribution in [3.63, 3.8) is 0 Å². The number of ether oxygens (including phenoxy) is 1. The van der Waals surface area contributed by atoms with Gasteiger partial charge in [-0.25, -0.2) is 0 Å². The molecule has 0 saturated carbocycles. The number of hydrogen-bond acceptors (Lipinski definition) is 4. The largest absolute Gasteiger partial charge is 0.469 e. The Kier molecular flexibility index (Phi) is 5.08. The van der Waals surface area contributed by atoms with E-state index in [-0.39, 0.29) is 13.0 Å². The maximum absolute atomic E-state index is 10.9. The molecular weight excluding hydrogens is 230 g/mol. The van der Waals surface area contributed by atoms with Crippen LogP contribution in [0.1, 0.15) is 6.42 Å². The summed E-state index contributed by atoms with van der Waals surface area (Å²) in [4.78, 5) is 10.9. The summed E-state index contributed by atoms with van der Waals surface area (Å²) in [5, 5.41) is 13.1. The zero-order valence-corrected chi connectivity index (χ0v) is 9.70. The van der Waals surface area contributed by atoms with Crippen molar-refractivity contribution in [1.82, 2.24) is 0 Å². The lowest BCUT2D eigenvalue weighted by atomic mass is 10.2. The molecule has 0 heterocycles. The first kappa shape index (κ1) is 12.8. The highest BCUT2D eigenvalue weighted by Gasteiger charge is 2.10. The minimum absolute atomic E-state index is 0.0168. The molecule has 0 aliphatic carbocycles. The minimum Gasteiger partial charge on any atom is -0.469 e. The van der Waals surface area contributed by atoms with Gasteiger partial charge in [0.1, 0.15) is 0 Å². The molecule has 0 fully saturated rings. The highest BCUT2D eigenvalue weighted by molar-refractivity contribution is 6.30. The fourth-order valence-corrected chi connectivity index (χ4v) is 1.28. The summed E-state index contributed by atoms with van der Waals surface area (Å²) in [6, 6.07) is 7.09. The lowest BCUT2D eigenvalue weighted by Gasteiger charge is -2.11. The molecule has 5 heteroatoms. The highest BCUT2D eigenvalue weighted by atomic mass is 35.5. The van der Waals surface area contributed by atoms with E-state index in [4.69, 9.17) is 11.6 Å². The van der Waals surface area contributed by atoms with Crippen molar-refractivity contribution in [2.75, 3.05) is 19.0 Å². The van der Waals surface area contributed by atoms with Crippen LogP contribution in [0, 0.1) is 0 Å². The standard InChI is InChI=1S/C11H14ClNO3/c1-16-11(15)6-10(14)7-13-9-4-2-8(12)3-5-9/h2-5,10,13-14H,6-7H2,1H3. The van der Waals surface area contributed by atoms with E-state index in [0.29, 0.717) is 5.02 Å². The van der Waals surface area contributed by atoms with Gasteiger partial charge in [0.25, 0.3) is 0 Å². The molecule has 16 heavy (non-hydrogen) atoms. The first-order chi connectivity index (χ1) is 7.61. The van der Waals surface area contributed by atoms with Gasteiger partial charge in [-0.15, -0.1) is 0 Å². The number of carbonyl (C=O) groups is 1. The molecule has 4 nitrogen and oxygen atoms in total. The van der Waals surface area contributed by atoms with Crippen LogP contribution in [0.25, 0.3) is 0 Å². The van der Waals surface area contributed by atoms with Crippen molar-refractivity contribution < 1.29 is 14.6 Å². The first-order valence-electron chi connectivity index (χ1n) is 4.86. The SMILES string of the molecule is COC(=O)CC(O)CNc1ccc(Cl)cc1. The van der Waals surface area contributed by atoms with E-state index in [1.807, 2.05) is 0 Å². The van der Waals surface area contributed by atoms with Gasteiger partial charge in [0.2, 0.25) is 0 Å². The topological polar surface area (TPSA) is 58.6 Å². The van der Waals surface area contributed by atoms with Crippen molar-refractivity contribution in [2.24, 2.45) is 0 Å². The van der Waals surface area contributed by atoms with Crippen LogP contribution in [-0.2, 0) is 9.53 Å². The molecule has 1 aromatic rings. The summed E-state index contributed by atoms with van der Waals surface area (Å²) in [6.07, 6.45) is -0.778. The number of benzene rings is 1. The van der Waals surface area contributed by atoms with E-state index in [0.717, 1.165) is 5.69 Å². The Morgan fingerprint density at radius 2 is 2.12 bits per heavy atom. The summed E-state index contributed by atoms with van der Waals surface area (Å²) in [7, 11) is 1.29.